The van der Waals surface area contributed by atoms with Crippen molar-refractivity contribution in [1.29, 1.82) is 0 Å². The molecule has 0 fully saturated rings. The molecule has 0 radical (unpaired) electrons. The van der Waals surface area contributed by atoms with E-state index >= 15 is 0 Å². The van der Waals surface area contributed by atoms with Gasteiger partial charge in [0.2, 0.25) is 0 Å². The van der Waals surface area contributed by atoms with Crippen LogP contribution in [0.3, 0.4) is 0 Å². The first kappa shape index (κ1) is 31.1. The number of rotatable bonds is 6. The second-order valence-electron chi connectivity index (χ2n) is 14.5. The van der Waals surface area contributed by atoms with Gasteiger partial charge in [-0.3, -0.25) is 0 Å². The van der Waals surface area contributed by atoms with Crippen molar-refractivity contribution in [2.24, 2.45) is 0 Å². The van der Waals surface area contributed by atoms with Crippen molar-refractivity contribution < 1.29 is 4.42 Å². The lowest BCUT2D eigenvalue weighted by molar-refractivity contribution is 0.660. The quantitative estimate of drug-likeness (QED) is 0.174. The SMILES string of the molecule is CC1(C)c2ccc(N(c3ccc(-c4ccc(-c5ccccc5)cc4)cc3)c3cccc4c3oc3ccccc34)cc2-c2c(-c3ccccc3)cccc21. The molecule has 9 aromatic rings. The summed E-state index contributed by atoms with van der Waals surface area (Å²) in [5, 5.41) is 2.23. The normalized spacial score (nSPS) is 12.9. The summed E-state index contributed by atoms with van der Waals surface area (Å²) < 4.78 is 6.67. The lowest BCUT2D eigenvalue weighted by Gasteiger charge is -2.27. The van der Waals surface area contributed by atoms with Gasteiger partial charge in [-0.2, -0.15) is 0 Å². The fraction of sp³-hybridized carbons (Fsp3) is 0.0588. The molecule has 0 saturated heterocycles. The van der Waals surface area contributed by atoms with Crippen molar-refractivity contribution in [2.45, 2.75) is 19.3 Å². The molecule has 0 unspecified atom stereocenters. The molecule has 10 rings (SSSR count). The van der Waals surface area contributed by atoms with E-state index in [2.05, 4.69) is 201 Å². The first-order chi connectivity index (χ1) is 26.0. The Kier molecular flexibility index (Phi) is 7.19. The minimum absolute atomic E-state index is 0.130. The summed E-state index contributed by atoms with van der Waals surface area (Å²) in [7, 11) is 0. The predicted octanol–water partition coefficient (Wildman–Crippen LogP) is 14.4. The van der Waals surface area contributed by atoms with E-state index < -0.39 is 0 Å². The molecule has 0 bridgehead atoms. The summed E-state index contributed by atoms with van der Waals surface area (Å²) in [6.45, 7) is 4.70. The molecule has 1 heterocycles. The molecule has 252 valence electrons. The van der Waals surface area contributed by atoms with Crippen molar-refractivity contribution in [2.75, 3.05) is 4.90 Å². The first-order valence-electron chi connectivity index (χ1n) is 18.3. The second-order valence-corrected chi connectivity index (χ2v) is 14.5. The molecule has 53 heavy (non-hydrogen) atoms. The number of anilines is 3. The molecule has 0 saturated carbocycles. The molecular formula is C51H37NO. The number of hydrogen-bond acceptors (Lipinski definition) is 2. The van der Waals surface area contributed by atoms with E-state index in [1.807, 2.05) is 6.07 Å². The fourth-order valence-electron chi connectivity index (χ4n) is 8.41. The average molecular weight is 680 g/mol. The van der Waals surface area contributed by atoms with Crippen LogP contribution in [0.2, 0.25) is 0 Å². The molecule has 1 aliphatic carbocycles. The third-order valence-electron chi connectivity index (χ3n) is 11.1. The van der Waals surface area contributed by atoms with Crippen molar-refractivity contribution in [3.05, 3.63) is 199 Å². The van der Waals surface area contributed by atoms with Gasteiger partial charge in [-0.25, -0.2) is 0 Å². The first-order valence-corrected chi connectivity index (χ1v) is 18.3. The molecule has 0 amide bonds. The number of para-hydroxylation sites is 2. The van der Waals surface area contributed by atoms with Gasteiger partial charge in [-0.15, -0.1) is 0 Å². The molecule has 2 nitrogen and oxygen atoms in total. The Hall–Kier alpha value is -6.64. The summed E-state index contributed by atoms with van der Waals surface area (Å²) in [5.41, 5.74) is 17.4. The van der Waals surface area contributed by atoms with Crippen LogP contribution in [0, 0.1) is 0 Å². The lowest BCUT2D eigenvalue weighted by Crippen LogP contribution is -2.15. The minimum Gasteiger partial charge on any atom is -0.454 e. The highest BCUT2D eigenvalue weighted by Gasteiger charge is 2.37. The van der Waals surface area contributed by atoms with Gasteiger partial charge in [0, 0.05) is 27.6 Å². The highest BCUT2D eigenvalue weighted by atomic mass is 16.3. The monoisotopic (exact) mass is 679 g/mol. The predicted molar refractivity (Wildman–Crippen MR) is 222 cm³/mol. The highest BCUT2D eigenvalue weighted by Crippen LogP contribution is 2.54. The van der Waals surface area contributed by atoms with Crippen LogP contribution < -0.4 is 4.90 Å². The zero-order chi connectivity index (χ0) is 35.5. The van der Waals surface area contributed by atoms with Gasteiger partial charge < -0.3 is 9.32 Å². The summed E-state index contributed by atoms with van der Waals surface area (Å²) >= 11 is 0. The van der Waals surface area contributed by atoms with Crippen molar-refractivity contribution in [1.82, 2.24) is 0 Å². The van der Waals surface area contributed by atoms with E-state index in [1.165, 1.54) is 55.6 Å². The third-order valence-corrected chi connectivity index (χ3v) is 11.1. The Labute approximate surface area is 310 Å². The van der Waals surface area contributed by atoms with Gasteiger partial charge >= 0.3 is 0 Å². The zero-order valence-electron chi connectivity index (χ0n) is 29.8. The number of nitrogens with zero attached hydrogens (tertiary/aromatic N) is 1. The van der Waals surface area contributed by atoms with Crippen LogP contribution in [-0.4, -0.2) is 0 Å². The molecule has 2 heteroatoms. The summed E-state index contributed by atoms with van der Waals surface area (Å²) in [4.78, 5) is 2.36. The maximum atomic E-state index is 6.67. The minimum atomic E-state index is -0.130. The molecule has 0 N–H and O–H groups in total. The molecular weight excluding hydrogens is 643 g/mol. The van der Waals surface area contributed by atoms with Crippen molar-refractivity contribution >= 4 is 39.0 Å². The van der Waals surface area contributed by atoms with Crippen LogP contribution in [0.1, 0.15) is 25.0 Å². The number of furan rings is 1. The van der Waals surface area contributed by atoms with E-state index in [0.29, 0.717) is 0 Å². The standard InChI is InChI=1S/C51H37NO/c1-51(2)45-32-31-40(33-44(45)49-41(18-11-20-46(49)51)38-15-7-4-8-16-38)52(47-21-12-19-43-42-17-9-10-22-48(42)53-50(43)47)39-29-27-37(28-30-39)36-25-23-35(24-26-36)34-13-5-3-6-14-34/h3-33H,1-2H3. The zero-order valence-corrected chi connectivity index (χ0v) is 29.8. The highest BCUT2D eigenvalue weighted by molar-refractivity contribution is 6.10. The largest absolute Gasteiger partial charge is 0.454 e. The second kappa shape index (κ2) is 12.3. The van der Waals surface area contributed by atoms with Gasteiger partial charge in [-0.05, 0) is 92.0 Å². The van der Waals surface area contributed by atoms with Crippen LogP contribution >= 0.6 is 0 Å². The van der Waals surface area contributed by atoms with Gasteiger partial charge in [0.1, 0.15) is 5.58 Å². The van der Waals surface area contributed by atoms with Crippen LogP contribution in [-0.2, 0) is 5.41 Å². The summed E-state index contributed by atoms with van der Waals surface area (Å²) in [6.07, 6.45) is 0. The lowest BCUT2D eigenvalue weighted by atomic mass is 9.82. The Morgan fingerprint density at radius 1 is 0.415 bits per heavy atom. The molecule has 0 atom stereocenters. The fourth-order valence-corrected chi connectivity index (χ4v) is 8.41. The van der Waals surface area contributed by atoms with Crippen LogP contribution in [0.5, 0.6) is 0 Å². The number of benzene rings is 8. The Bertz CT molecular complexity index is 2780. The maximum Gasteiger partial charge on any atom is 0.159 e. The molecule has 8 aromatic carbocycles. The molecule has 1 aliphatic rings. The topological polar surface area (TPSA) is 16.4 Å². The Morgan fingerprint density at radius 3 is 1.70 bits per heavy atom. The molecule has 1 aromatic heterocycles. The maximum absolute atomic E-state index is 6.67. The third kappa shape index (κ3) is 5.10. The summed E-state index contributed by atoms with van der Waals surface area (Å²) in [5.74, 6) is 0. The van der Waals surface area contributed by atoms with E-state index in [-0.39, 0.29) is 5.41 Å². The van der Waals surface area contributed by atoms with E-state index in [0.717, 1.165) is 39.0 Å². The Balaban J connectivity index is 1.14. The van der Waals surface area contributed by atoms with E-state index in [9.17, 15) is 0 Å². The number of hydrogen-bond donors (Lipinski definition) is 0. The van der Waals surface area contributed by atoms with Gasteiger partial charge in [0.25, 0.3) is 0 Å². The van der Waals surface area contributed by atoms with Gasteiger partial charge in [0.15, 0.2) is 5.58 Å². The van der Waals surface area contributed by atoms with E-state index in [1.54, 1.807) is 0 Å². The Morgan fingerprint density at radius 2 is 0.981 bits per heavy atom. The van der Waals surface area contributed by atoms with E-state index in [4.69, 9.17) is 4.42 Å². The molecule has 0 spiro atoms. The average Bonchev–Trinajstić information content (AvgIpc) is 3.71. The van der Waals surface area contributed by atoms with Gasteiger partial charge in [0.05, 0.1) is 5.69 Å². The molecule has 0 aliphatic heterocycles. The van der Waals surface area contributed by atoms with Crippen LogP contribution in [0.25, 0.3) is 66.4 Å². The van der Waals surface area contributed by atoms with Crippen molar-refractivity contribution in [3.8, 4) is 44.5 Å². The smallest absolute Gasteiger partial charge is 0.159 e. The van der Waals surface area contributed by atoms with Gasteiger partial charge in [-0.1, -0.05) is 166 Å². The number of fused-ring (bicyclic) bond motifs is 6. The van der Waals surface area contributed by atoms with Crippen LogP contribution in [0.4, 0.5) is 17.1 Å². The van der Waals surface area contributed by atoms with Crippen LogP contribution in [0.15, 0.2) is 192 Å². The summed E-state index contributed by atoms with van der Waals surface area (Å²) in [6, 6.07) is 67.7. The van der Waals surface area contributed by atoms with Crippen molar-refractivity contribution in [3.63, 3.8) is 0 Å².